The third-order valence-corrected chi connectivity index (χ3v) is 2.16. The van der Waals surface area contributed by atoms with Gasteiger partial charge in [0, 0.05) is 0 Å². The number of hydrogen-bond acceptors (Lipinski definition) is 5. The highest BCUT2D eigenvalue weighted by Crippen LogP contribution is 2.09. The molecule has 1 heterocycles. The quantitative estimate of drug-likeness (QED) is 0.663. The van der Waals surface area contributed by atoms with E-state index in [0.29, 0.717) is 0 Å². The maximum absolute atomic E-state index is 12.8. The van der Waals surface area contributed by atoms with Gasteiger partial charge in [0.1, 0.15) is 0 Å². The van der Waals surface area contributed by atoms with Gasteiger partial charge < -0.3 is 10.6 Å². The molecule has 6 heteroatoms. The van der Waals surface area contributed by atoms with Crippen LogP contribution in [0.2, 0.25) is 0 Å². The molecule has 1 aromatic carbocycles. The summed E-state index contributed by atoms with van der Waals surface area (Å²) in [7, 11) is 0. The minimum atomic E-state index is -0.690. The summed E-state index contributed by atoms with van der Waals surface area (Å²) < 4.78 is 12.8. The number of rotatable bonds is 3. The number of nitrogens with two attached hydrogens (primary N) is 1. The standard InChI is InChI=1S/C12H11FN4O/c1-8-2-4-9(5-3-8)6-16-18-12-15-7-10(13)11(14)17-12/h2-7H,1H3,(H2,14,15,17)/b16-6+. The monoisotopic (exact) mass is 246 g/mol. The zero-order valence-electron chi connectivity index (χ0n) is 9.67. The Balaban J connectivity index is 2.02. The van der Waals surface area contributed by atoms with Crippen molar-refractivity contribution < 1.29 is 9.23 Å². The van der Waals surface area contributed by atoms with Crippen LogP contribution in [0.1, 0.15) is 11.1 Å². The summed E-state index contributed by atoms with van der Waals surface area (Å²) in [6.45, 7) is 1.99. The van der Waals surface area contributed by atoms with Gasteiger partial charge in [-0.3, -0.25) is 0 Å². The van der Waals surface area contributed by atoms with E-state index in [9.17, 15) is 4.39 Å². The molecule has 2 rings (SSSR count). The lowest BCUT2D eigenvalue weighted by Crippen LogP contribution is -1.99. The first-order valence-electron chi connectivity index (χ1n) is 5.20. The summed E-state index contributed by atoms with van der Waals surface area (Å²) in [5, 5.41) is 3.68. The average molecular weight is 246 g/mol. The smallest absolute Gasteiger partial charge is 0.347 e. The van der Waals surface area contributed by atoms with Crippen LogP contribution in [0.5, 0.6) is 6.01 Å². The molecule has 0 aliphatic heterocycles. The molecule has 0 radical (unpaired) electrons. The molecule has 0 saturated heterocycles. The zero-order valence-corrected chi connectivity index (χ0v) is 9.67. The van der Waals surface area contributed by atoms with E-state index in [0.717, 1.165) is 17.3 Å². The van der Waals surface area contributed by atoms with E-state index in [1.165, 1.54) is 6.21 Å². The zero-order chi connectivity index (χ0) is 13.0. The number of hydrogen-bond donors (Lipinski definition) is 1. The highest BCUT2D eigenvalue weighted by Gasteiger charge is 2.03. The molecule has 0 spiro atoms. The van der Waals surface area contributed by atoms with Crippen molar-refractivity contribution in [1.29, 1.82) is 0 Å². The molecule has 0 saturated carbocycles. The molecule has 2 N–H and O–H groups in total. The third kappa shape index (κ3) is 3.00. The number of halogens is 1. The van der Waals surface area contributed by atoms with Gasteiger partial charge >= 0.3 is 6.01 Å². The first-order chi connectivity index (χ1) is 8.65. The van der Waals surface area contributed by atoms with Gasteiger partial charge in [0.2, 0.25) is 0 Å². The van der Waals surface area contributed by atoms with Crippen LogP contribution in [0.25, 0.3) is 0 Å². The van der Waals surface area contributed by atoms with Crippen molar-refractivity contribution >= 4 is 12.0 Å². The molecule has 0 aliphatic carbocycles. The number of oxime groups is 1. The van der Waals surface area contributed by atoms with Crippen molar-refractivity contribution in [2.24, 2.45) is 5.16 Å². The van der Waals surface area contributed by atoms with E-state index < -0.39 is 5.82 Å². The minimum absolute atomic E-state index is 0.0998. The van der Waals surface area contributed by atoms with Gasteiger partial charge in [-0.25, -0.2) is 4.39 Å². The summed E-state index contributed by atoms with van der Waals surface area (Å²) in [4.78, 5) is 12.0. The summed E-state index contributed by atoms with van der Waals surface area (Å²) >= 11 is 0. The Morgan fingerprint density at radius 1 is 1.33 bits per heavy atom. The molecule has 0 fully saturated rings. The van der Waals surface area contributed by atoms with Crippen molar-refractivity contribution in [2.45, 2.75) is 6.92 Å². The number of aryl methyl sites for hydroxylation is 1. The topological polar surface area (TPSA) is 73.4 Å². The lowest BCUT2D eigenvalue weighted by atomic mass is 10.2. The Hall–Kier alpha value is -2.50. The number of aromatic nitrogens is 2. The van der Waals surface area contributed by atoms with Crippen LogP contribution < -0.4 is 10.6 Å². The number of nitrogens with zero attached hydrogens (tertiary/aromatic N) is 3. The average Bonchev–Trinajstić information content (AvgIpc) is 2.36. The second kappa shape index (κ2) is 5.22. The summed E-state index contributed by atoms with van der Waals surface area (Å²) in [6, 6.07) is 7.59. The molecular weight excluding hydrogens is 235 g/mol. The molecule has 0 aliphatic rings. The molecule has 1 aromatic heterocycles. The third-order valence-electron chi connectivity index (χ3n) is 2.16. The largest absolute Gasteiger partial charge is 0.381 e. The fourth-order valence-electron chi connectivity index (χ4n) is 1.19. The molecule has 0 bridgehead atoms. The summed E-state index contributed by atoms with van der Waals surface area (Å²) in [6.07, 6.45) is 2.43. The second-order valence-corrected chi connectivity index (χ2v) is 3.62. The fourth-order valence-corrected chi connectivity index (χ4v) is 1.19. The van der Waals surface area contributed by atoms with E-state index in [4.69, 9.17) is 10.6 Å². The van der Waals surface area contributed by atoms with Crippen LogP contribution in [0.4, 0.5) is 10.2 Å². The van der Waals surface area contributed by atoms with Crippen molar-refractivity contribution in [3.05, 3.63) is 47.4 Å². The van der Waals surface area contributed by atoms with E-state index in [2.05, 4.69) is 15.1 Å². The van der Waals surface area contributed by atoms with Gasteiger partial charge in [-0.2, -0.15) is 9.97 Å². The van der Waals surface area contributed by atoms with Crippen molar-refractivity contribution in [3.63, 3.8) is 0 Å². The van der Waals surface area contributed by atoms with Crippen LogP contribution in [0, 0.1) is 12.7 Å². The summed E-state index contributed by atoms with van der Waals surface area (Å²) in [5.74, 6) is -0.963. The van der Waals surface area contributed by atoms with Crippen LogP contribution in [0.3, 0.4) is 0 Å². The van der Waals surface area contributed by atoms with Crippen LogP contribution in [0.15, 0.2) is 35.6 Å². The Morgan fingerprint density at radius 2 is 2.06 bits per heavy atom. The molecule has 2 aromatic rings. The van der Waals surface area contributed by atoms with Gasteiger partial charge in [-0.15, -0.1) is 0 Å². The van der Waals surface area contributed by atoms with E-state index >= 15 is 0 Å². The molecular formula is C12H11FN4O. The van der Waals surface area contributed by atoms with Gasteiger partial charge in [0.15, 0.2) is 11.6 Å². The molecule has 18 heavy (non-hydrogen) atoms. The van der Waals surface area contributed by atoms with Crippen LogP contribution in [-0.4, -0.2) is 16.2 Å². The van der Waals surface area contributed by atoms with Gasteiger partial charge in [-0.1, -0.05) is 35.0 Å². The van der Waals surface area contributed by atoms with Crippen molar-refractivity contribution in [2.75, 3.05) is 5.73 Å². The SMILES string of the molecule is Cc1ccc(/C=N/Oc2ncc(F)c(N)n2)cc1. The number of nitrogen functional groups attached to an aromatic ring is 1. The Kier molecular flexibility index (Phi) is 3.47. The van der Waals surface area contributed by atoms with E-state index in [1.54, 1.807) is 0 Å². The lowest BCUT2D eigenvalue weighted by molar-refractivity contribution is 0.314. The maximum Gasteiger partial charge on any atom is 0.347 e. The maximum atomic E-state index is 12.8. The number of benzene rings is 1. The molecule has 0 unspecified atom stereocenters. The van der Waals surface area contributed by atoms with Crippen LogP contribution >= 0.6 is 0 Å². The van der Waals surface area contributed by atoms with E-state index in [-0.39, 0.29) is 11.8 Å². The summed E-state index contributed by atoms with van der Waals surface area (Å²) in [5.41, 5.74) is 7.29. The fraction of sp³-hybridized carbons (Fsp3) is 0.0833. The predicted molar refractivity (Wildman–Crippen MR) is 65.8 cm³/mol. The predicted octanol–water partition coefficient (Wildman–Crippen LogP) is 1.92. The highest BCUT2D eigenvalue weighted by atomic mass is 19.1. The highest BCUT2D eigenvalue weighted by molar-refractivity contribution is 5.79. The molecule has 0 atom stereocenters. The Morgan fingerprint density at radius 3 is 2.72 bits per heavy atom. The molecule has 5 nitrogen and oxygen atoms in total. The minimum Gasteiger partial charge on any atom is -0.381 e. The number of anilines is 1. The van der Waals surface area contributed by atoms with E-state index in [1.807, 2.05) is 31.2 Å². The second-order valence-electron chi connectivity index (χ2n) is 3.62. The van der Waals surface area contributed by atoms with Gasteiger partial charge in [0.05, 0.1) is 12.4 Å². The Bertz CT molecular complexity index is 569. The Labute approximate surface area is 103 Å². The normalized spacial score (nSPS) is 10.8. The van der Waals surface area contributed by atoms with Gasteiger partial charge in [0.25, 0.3) is 0 Å². The first kappa shape index (κ1) is 12.0. The molecule has 92 valence electrons. The van der Waals surface area contributed by atoms with Crippen molar-refractivity contribution in [1.82, 2.24) is 9.97 Å². The van der Waals surface area contributed by atoms with Crippen molar-refractivity contribution in [3.8, 4) is 6.01 Å². The van der Waals surface area contributed by atoms with Gasteiger partial charge in [-0.05, 0) is 12.5 Å². The molecule has 0 amide bonds. The first-order valence-corrected chi connectivity index (χ1v) is 5.20. The van der Waals surface area contributed by atoms with Crippen LogP contribution in [-0.2, 0) is 0 Å². The lowest BCUT2D eigenvalue weighted by Gasteiger charge is -1.98.